The van der Waals surface area contributed by atoms with Crippen molar-refractivity contribution in [3.05, 3.63) is 47.2 Å². The molecule has 1 aromatic carbocycles. The van der Waals surface area contributed by atoms with Crippen molar-refractivity contribution in [2.45, 2.75) is 51.9 Å². The normalized spacial score (nSPS) is 14.0. The van der Waals surface area contributed by atoms with Crippen molar-refractivity contribution >= 4 is 5.97 Å². The maximum absolute atomic E-state index is 11.8. The van der Waals surface area contributed by atoms with Crippen LogP contribution in [0.4, 0.5) is 0 Å². The third kappa shape index (κ3) is 3.74. The molecule has 1 aliphatic rings. The first-order valence-electron chi connectivity index (χ1n) is 9.52. The Bertz CT molecular complexity index is 764. The Balaban J connectivity index is 1.97. The highest BCUT2D eigenvalue weighted by Gasteiger charge is 2.25. The Morgan fingerprint density at radius 1 is 1.23 bits per heavy atom. The van der Waals surface area contributed by atoms with Crippen LogP contribution in [0.25, 0.3) is 11.3 Å². The van der Waals surface area contributed by atoms with Gasteiger partial charge in [-0.3, -0.25) is 4.98 Å². The van der Waals surface area contributed by atoms with Gasteiger partial charge < -0.3 is 9.47 Å². The van der Waals surface area contributed by atoms with Crippen LogP contribution in [0, 0.1) is 0 Å². The van der Waals surface area contributed by atoms with E-state index in [0.29, 0.717) is 18.1 Å². The number of carbonyl (C=O) groups excluding carboxylic acids is 1. The van der Waals surface area contributed by atoms with Crippen molar-refractivity contribution in [3.63, 3.8) is 0 Å². The van der Waals surface area contributed by atoms with Crippen LogP contribution in [-0.4, -0.2) is 24.7 Å². The Morgan fingerprint density at radius 3 is 2.58 bits per heavy atom. The molecule has 138 valence electrons. The van der Waals surface area contributed by atoms with Gasteiger partial charge >= 0.3 is 5.97 Å². The molecular weight excluding hydrogens is 326 g/mol. The van der Waals surface area contributed by atoms with Gasteiger partial charge in [0.1, 0.15) is 5.75 Å². The minimum Gasteiger partial charge on any atom is -0.496 e. The Morgan fingerprint density at radius 2 is 2.04 bits per heavy atom. The van der Waals surface area contributed by atoms with Crippen LogP contribution in [-0.2, 0) is 11.2 Å². The van der Waals surface area contributed by atoms with Crippen molar-refractivity contribution in [3.8, 4) is 17.0 Å². The Kier molecular flexibility index (Phi) is 5.92. The molecule has 0 amide bonds. The number of ether oxygens (including phenoxy) is 2. The fraction of sp³-hybridized carbons (Fsp3) is 0.455. The molecule has 0 atom stereocenters. The van der Waals surface area contributed by atoms with E-state index < -0.39 is 0 Å². The highest BCUT2D eigenvalue weighted by molar-refractivity contribution is 5.89. The van der Waals surface area contributed by atoms with E-state index in [1.165, 1.54) is 30.4 Å². The summed E-state index contributed by atoms with van der Waals surface area (Å²) in [5, 5.41) is 0. The van der Waals surface area contributed by atoms with Gasteiger partial charge in [-0.2, -0.15) is 0 Å². The van der Waals surface area contributed by atoms with Gasteiger partial charge in [-0.05, 0) is 67.5 Å². The van der Waals surface area contributed by atoms with E-state index in [2.05, 4.69) is 24.0 Å². The number of hydrogen-bond donors (Lipinski definition) is 0. The molecule has 3 rings (SSSR count). The first-order chi connectivity index (χ1) is 12.7. The van der Waals surface area contributed by atoms with Crippen molar-refractivity contribution in [2.75, 3.05) is 13.7 Å². The SMILES string of the molecule is CCCc1c(OC)cc(-c2ccc(C(=O)OCC)cn2)cc1C1CCC1. The van der Waals surface area contributed by atoms with Gasteiger partial charge in [0, 0.05) is 11.8 Å². The zero-order valence-electron chi connectivity index (χ0n) is 15.9. The molecule has 26 heavy (non-hydrogen) atoms. The number of esters is 1. The molecule has 0 saturated heterocycles. The van der Waals surface area contributed by atoms with Gasteiger partial charge in [0.15, 0.2) is 0 Å². The van der Waals surface area contributed by atoms with Gasteiger partial charge in [-0.1, -0.05) is 19.8 Å². The number of methoxy groups -OCH3 is 1. The van der Waals surface area contributed by atoms with Crippen molar-refractivity contribution in [1.82, 2.24) is 4.98 Å². The zero-order chi connectivity index (χ0) is 18.5. The van der Waals surface area contributed by atoms with E-state index in [1.54, 1.807) is 26.3 Å². The molecule has 4 nitrogen and oxygen atoms in total. The highest BCUT2D eigenvalue weighted by atomic mass is 16.5. The van der Waals surface area contributed by atoms with Crippen molar-refractivity contribution in [2.24, 2.45) is 0 Å². The number of nitrogens with zero attached hydrogens (tertiary/aromatic N) is 1. The quantitative estimate of drug-likeness (QED) is 0.646. The van der Waals surface area contributed by atoms with E-state index in [1.807, 2.05) is 6.07 Å². The smallest absolute Gasteiger partial charge is 0.339 e. The molecule has 0 radical (unpaired) electrons. The highest BCUT2D eigenvalue weighted by Crippen LogP contribution is 2.43. The first-order valence-corrected chi connectivity index (χ1v) is 9.52. The summed E-state index contributed by atoms with van der Waals surface area (Å²) in [7, 11) is 1.74. The molecule has 1 fully saturated rings. The van der Waals surface area contributed by atoms with Crippen LogP contribution in [0.15, 0.2) is 30.5 Å². The van der Waals surface area contributed by atoms with E-state index in [-0.39, 0.29) is 5.97 Å². The summed E-state index contributed by atoms with van der Waals surface area (Å²) in [6.07, 6.45) is 7.52. The number of rotatable bonds is 7. The lowest BCUT2D eigenvalue weighted by Crippen LogP contribution is -2.12. The van der Waals surface area contributed by atoms with Gasteiger partial charge in [0.05, 0.1) is 25.0 Å². The fourth-order valence-electron chi connectivity index (χ4n) is 3.50. The number of carbonyl (C=O) groups is 1. The molecule has 1 heterocycles. The molecule has 0 aliphatic heterocycles. The lowest BCUT2D eigenvalue weighted by molar-refractivity contribution is 0.0526. The second kappa shape index (κ2) is 8.35. The summed E-state index contributed by atoms with van der Waals surface area (Å²) in [4.78, 5) is 16.3. The second-order valence-electron chi connectivity index (χ2n) is 6.78. The number of aromatic nitrogens is 1. The van der Waals surface area contributed by atoms with Gasteiger partial charge in [-0.25, -0.2) is 4.79 Å². The molecule has 1 aromatic heterocycles. The number of pyridine rings is 1. The monoisotopic (exact) mass is 353 g/mol. The third-order valence-corrected chi connectivity index (χ3v) is 5.08. The summed E-state index contributed by atoms with van der Waals surface area (Å²) < 4.78 is 10.7. The van der Waals surface area contributed by atoms with E-state index in [0.717, 1.165) is 29.8 Å². The summed E-state index contributed by atoms with van der Waals surface area (Å²) in [5.41, 5.74) is 5.11. The summed E-state index contributed by atoms with van der Waals surface area (Å²) >= 11 is 0. The molecule has 1 saturated carbocycles. The van der Waals surface area contributed by atoms with Gasteiger partial charge in [0.25, 0.3) is 0 Å². The lowest BCUT2D eigenvalue weighted by Gasteiger charge is -2.29. The maximum Gasteiger partial charge on any atom is 0.339 e. The molecule has 0 unspecified atom stereocenters. The average Bonchev–Trinajstić information content (AvgIpc) is 2.62. The Labute approximate surface area is 155 Å². The topological polar surface area (TPSA) is 48.4 Å². The average molecular weight is 353 g/mol. The standard InChI is InChI=1S/C22H27NO3/c1-4-7-18-19(15-8-6-9-15)12-17(13-21(18)25-3)20-11-10-16(14-23-20)22(24)26-5-2/h10-15H,4-9H2,1-3H3. The van der Waals surface area contributed by atoms with Crippen LogP contribution < -0.4 is 4.74 Å². The van der Waals surface area contributed by atoms with Gasteiger partial charge in [0.2, 0.25) is 0 Å². The fourth-order valence-corrected chi connectivity index (χ4v) is 3.50. The minimum absolute atomic E-state index is 0.336. The summed E-state index contributed by atoms with van der Waals surface area (Å²) in [6.45, 7) is 4.36. The van der Waals surface area contributed by atoms with Crippen molar-refractivity contribution in [1.29, 1.82) is 0 Å². The molecule has 1 aliphatic carbocycles. The third-order valence-electron chi connectivity index (χ3n) is 5.08. The van der Waals surface area contributed by atoms with E-state index >= 15 is 0 Å². The zero-order valence-corrected chi connectivity index (χ0v) is 15.9. The van der Waals surface area contributed by atoms with Crippen LogP contribution in [0.5, 0.6) is 5.75 Å². The summed E-state index contributed by atoms with van der Waals surface area (Å²) in [5.74, 6) is 1.24. The molecular formula is C22H27NO3. The van der Waals surface area contributed by atoms with E-state index in [9.17, 15) is 4.79 Å². The maximum atomic E-state index is 11.8. The largest absolute Gasteiger partial charge is 0.496 e. The lowest BCUT2D eigenvalue weighted by atomic mass is 9.76. The minimum atomic E-state index is -0.336. The Hall–Kier alpha value is -2.36. The second-order valence-corrected chi connectivity index (χ2v) is 6.78. The number of benzene rings is 1. The molecule has 0 N–H and O–H groups in total. The van der Waals surface area contributed by atoms with Crippen LogP contribution in [0.2, 0.25) is 0 Å². The van der Waals surface area contributed by atoms with Crippen LogP contribution >= 0.6 is 0 Å². The predicted molar refractivity (Wildman–Crippen MR) is 103 cm³/mol. The molecule has 0 spiro atoms. The van der Waals surface area contributed by atoms with Crippen molar-refractivity contribution < 1.29 is 14.3 Å². The summed E-state index contributed by atoms with van der Waals surface area (Å²) in [6, 6.07) is 7.99. The molecule has 2 aromatic rings. The molecule has 0 bridgehead atoms. The number of hydrogen-bond acceptors (Lipinski definition) is 4. The van der Waals surface area contributed by atoms with Crippen LogP contribution in [0.1, 0.15) is 66.9 Å². The molecule has 4 heteroatoms. The first kappa shape index (κ1) is 18.4. The predicted octanol–water partition coefficient (Wildman–Crippen LogP) is 5.15. The van der Waals surface area contributed by atoms with Crippen LogP contribution in [0.3, 0.4) is 0 Å². The van der Waals surface area contributed by atoms with E-state index in [4.69, 9.17) is 9.47 Å². The van der Waals surface area contributed by atoms with Gasteiger partial charge in [-0.15, -0.1) is 0 Å².